The number of amides is 1. The lowest BCUT2D eigenvalue weighted by molar-refractivity contribution is -0.139. The molecule has 3 aromatic carbocycles. The van der Waals surface area contributed by atoms with Crippen LogP contribution in [0.2, 0.25) is 5.02 Å². The highest BCUT2D eigenvalue weighted by molar-refractivity contribution is 6.30. The molecule has 1 fully saturated rings. The van der Waals surface area contributed by atoms with E-state index in [4.69, 9.17) is 21.4 Å². The molecule has 3 atom stereocenters. The highest BCUT2D eigenvalue weighted by Crippen LogP contribution is 2.50. The number of benzene rings is 3. The van der Waals surface area contributed by atoms with Crippen LogP contribution in [-0.4, -0.2) is 35.0 Å². The number of carbonyl (C=O) groups excluding carboxylic acids is 1. The lowest BCUT2D eigenvalue weighted by atomic mass is 9.87. The molecule has 5 rings (SSSR count). The Hall–Kier alpha value is -3.31. The first-order chi connectivity index (χ1) is 16.0. The second-order valence-corrected chi connectivity index (χ2v) is 9.04. The average Bonchev–Trinajstić information content (AvgIpc) is 3.63. The Morgan fingerprint density at radius 3 is 2.55 bits per heavy atom. The van der Waals surface area contributed by atoms with Crippen LogP contribution in [0.1, 0.15) is 40.6 Å². The van der Waals surface area contributed by atoms with Crippen LogP contribution in [0.3, 0.4) is 0 Å². The van der Waals surface area contributed by atoms with Crippen LogP contribution < -0.4 is 4.74 Å². The van der Waals surface area contributed by atoms with E-state index in [1.54, 1.807) is 18.2 Å². The molecule has 1 unspecified atom stereocenters. The van der Waals surface area contributed by atoms with Crippen LogP contribution in [-0.2, 0) is 16.0 Å². The maximum atomic E-state index is 13.8. The minimum atomic E-state index is -1.06. The summed E-state index contributed by atoms with van der Waals surface area (Å²) in [5.74, 6) is -0.331. The van der Waals surface area contributed by atoms with E-state index in [-0.39, 0.29) is 23.8 Å². The quantitative estimate of drug-likeness (QED) is 0.555. The molecule has 1 saturated carbocycles. The third kappa shape index (κ3) is 4.33. The van der Waals surface area contributed by atoms with Gasteiger partial charge < -0.3 is 14.7 Å². The van der Waals surface area contributed by atoms with Crippen molar-refractivity contribution in [1.82, 2.24) is 4.90 Å². The first-order valence-electron chi connectivity index (χ1n) is 11.1. The monoisotopic (exact) mass is 461 g/mol. The maximum absolute atomic E-state index is 13.8. The van der Waals surface area contributed by atoms with Crippen molar-refractivity contribution in [3.05, 3.63) is 100 Å². The number of fused-ring (bicyclic) bond motifs is 1. The van der Waals surface area contributed by atoms with E-state index in [0.717, 1.165) is 18.4 Å². The predicted molar refractivity (Wildman–Crippen MR) is 126 cm³/mol. The fraction of sp³-hybridized carbons (Fsp3) is 0.259. The van der Waals surface area contributed by atoms with Gasteiger partial charge in [0, 0.05) is 23.0 Å². The van der Waals surface area contributed by atoms with Crippen LogP contribution in [0.15, 0.2) is 72.8 Å². The first kappa shape index (κ1) is 21.5. The van der Waals surface area contributed by atoms with Crippen molar-refractivity contribution in [2.75, 3.05) is 13.2 Å². The second kappa shape index (κ2) is 8.91. The Morgan fingerprint density at radius 2 is 1.76 bits per heavy atom. The van der Waals surface area contributed by atoms with Crippen LogP contribution >= 0.6 is 11.6 Å². The number of aliphatic carboxylic acids is 1. The van der Waals surface area contributed by atoms with E-state index in [9.17, 15) is 9.59 Å². The predicted octanol–water partition coefficient (Wildman–Crippen LogP) is 5.08. The number of ether oxygens (including phenoxy) is 1. The molecule has 1 aliphatic carbocycles. The Kier molecular flexibility index (Phi) is 5.81. The number of rotatable bonds is 6. The molecule has 0 aromatic heterocycles. The number of hydrogen-bond acceptors (Lipinski definition) is 3. The standard InChI is InChI=1S/C27H24ClNO4/c28-19-10-11-24(33-16-25(30)31)23(14-19)26-20-9-5-4-8-18(20)12-13-29(26)27(32)22-15-21(22)17-6-2-1-3-7-17/h1-11,14,21-22,26H,12-13,15-16H2,(H,30,31)/t21-,22+,26?/m0/s1. The molecular formula is C27H24ClNO4. The number of hydrogen-bond donors (Lipinski definition) is 1. The molecule has 3 aromatic rings. The zero-order valence-electron chi connectivity index (χ0n) is 18.0. The molecule has 6 heteroatoms. The fourth-order valence-corrected chi connectivity index (χ4v) is 5.07. The van der Waals surface area contributed by atoms with E-state index in [1.165, 1.54) is 11.1 Å². The SMILES string of the molecule is O=C(O)COc1ccc(Cl)cc1C1c2ccccc2CCN1C(=O)[C@@H]1C[C@H]1c1ccccc1. The Morgan fingerprint density at radius 1 is 1.00 bits per heavy atom. The third-order valence-electron chi connectivity index (χ3n) is 6.52. The zero-order valence-corrected chi connectivity index (χ0v) is 18.7. The number of carboxylic acid groups (broad SMARTS) is 1. The lowest BCUT2D eigenvalue weighted by Gasteiger charge is -2.38. The highest BCUT2D eigenvalue weighted by atomic mass is 35.5. The smallest absolute Gasteiger partial charge is 0.341 e. The maximum Gasteiger partial charge on any atom is 0.341 e. The Balaban J connectivity index is 1.52. The molecule has 5 nitrogen and oxygen atoms in total. The van der Waals surface area contributed by atoms with Gasteiger partial charge in [-0.25, -0.2) is 4.79 Å². The summed E-state index contributed by atoms with van der Waals surface area (Å²) in [6.07, 6.45) is 1.61. The van der Waals surface area contributed by atoms with Crippen LogP contribution in [0.5, 0.6) is 5.75 Å². The Bertz CT molecular complexity index is 1200. The van der Waals surface area contributed by atoms with Crippen LogP contribution in [0.4, 0.5) is 0 Å². The van der Waals surface area contributed by atoms with Gasteiger partial charge in [-0.1, -0.05) is 66.2 Å². The van der Waals surface area contributed by atoms with Gasteiger partial charge in [0.05, 0.1) is 6.04 Å². The van der Waals surface area contributed by atoms with Gasteiger partial charge in [-0.2, -0.15) is 0 Å². The molecule has 0 spiro atoms. The zero-order chi connectivity index (χ0) is 22.9. The van der Waals surface area contributed by atoms with Gasteiger partial charge in [-0.05, 0) is 53.6 Å². The largest absolute Gasteiger partial charge is 0.482 e. The molecule has 33 heavy (non-hydrogen) atoms. The van der Waals surface area contributed by atoms with Gasteiger partial charge in [0.2, 0.25) is 5.91 Å². The number of carbonyl (C=O) groups is 2. The van der Waals surface area contributed by atoms with E-state index < -0.39 is 12.6 Å². The van der Waals surface area contributed by atoms with Crippen molar-refractivity contribution in [2.24, 2.45) is 5.92 Å². The fourth-order valence-electron chi connectivity index (χ4n) is 4.89. The topological polar surface area (TPSA) is 66.8 Å². The molecule has 0 radical (unpaired) electrons. The molecule has 0 saturated heterocycles. The first-order valence-corrected chi connectivity index (χ1v) is 11.5. The van der Waals surface area contributed by atoms with Crippen molar-refractivity contribution < 1.29 is 19.4 Å². The average molecular weight is 462 g/mol. The lowest BCUT2D eigenvalue weighted by Crippen LogP contribution is -2.41. The Labute approximate surface area is 197 Å². The summed E-state index contributed by atoms with van der Waals surface area (Å²) in [5, 5.41) is 9.64. The van der Waals surface area contributed by atoms with Crippen molar-refractivity contribution >= 4 is 23.5 Å². The molecule has 1 aliphatic heterocycles. The third-order valence-corrected chi connectivity index (χ3v) is 6.75. The van der Waals surface area contributed by atoms with E-state index in [2.05, 4.69) is 18.2 Å². The van der Waals surface area contributed by atoms with Gasteiger partial charge in [0.1, 0.15) is 5.75 Å². The summed E-state index contributed by atoms with van der Waals surface area (Å²) in [6.45, 7) is 0.124. The van der Waals surface area contributed by atoms with Gasteiger partial charge >= 0.3 is 5.97 Å². The molecule has 0 bridgehead atoms. The number of nitrogens with zero attached hydrogens (tertiary/aromatic N) is 1. The van der Waals surface area contributed by atoms with E-state index in [1.807, 2.05) is 41.3 Å². The van der Waals surface area contributed by atoms with Crippen LogP contribution in [0, 0.1) is 5.92 Å². The second-order valence-electron chi connectivity index (χ2n) is 8.61. The molecule has 1 amide bonds. The summed E-state index contributed by atoms with van der Waals surface area (Å²) in [7, 11) is 0. The summed E-state index contributed by atoms with van der Waals surface area (Å²) >= 11 is 6.36. The summed E-state index contributed by atoms with van der Waals surface area (Å²) in [5.41, 5.74) is 4.10. The van der Waals surface area contributed by atoms with Crippen molar-refractivity contribution in [1.29, 1.82) is 0 Å². The molecule has 1 heterocycles. The van der Waals surface area contributed by atoms with Gasteiger partial charge in [0.25, 0.3) is 0 Å². The van der Waals surface area contributed by atoms with Crippen LogP contribution in [0.25, 0.3) is 0 Å². The van der Waals surface area contributed by atoms with Crippen molar-refractivity contribution in [3.63, 3.8) is 0 Å². The highest BCUT2D eigenvalue weighted by Gasteiger charge is 2.48. The van der Waals surface area contributed by atoms with Crippen molar-refractivity contribution in [2.45, 2.75) is 24.8 Å². The number of carboxylic acids is 1. The molecule has 168 valence electrons. The molecule has 1 N–H and O–H groups in total. The van der Waals surface area contributed by atoms with E-state index in [0.29, 0.717) is 22.9 Å². The van der Waals surface area contributed by atoms with Gasteiger partial charge in [-0.15, -0.1) is 0 Å². The van der Waals surface area contributed by atoms with Crippen molar-refractivity contribution in [3.8, 4) is 5.75 Å². The summed E-state index contributed by atoms with van der Waals surface area (Å²) in [4.78, 5) is 26.8. The molecular weight excluding hydrogens is 438 g/mol. The number of halogens is 1. The minimum Gasteiger partial charge on any atom is -0.482 e. The summed E-state index contributed by atoms with van der Waals surface area (Å²) in [6, 6.07) is 23.0. The van der Waals surface area contributed by atoms with Gasteiger partial charge in [0.15, 0.2) is 6.61 Å². The minimum absolute atomic E-state index is 0.0530. The normalized spacial score (nSPS) is 21.2. The molecule has 2 aliphatic rings. The summed E-state index contributed by atoms with van der Waals surface area (Å²) < 4.78 is 5.62. The van der Waals surface area contributed by atoms with E-state index >= 15 is 0 Å². The van der Waals surface area contributed by atoms with Gasteiger partial charge in [-0.3, -0.25) is 4.79 Å².